The second-order valence-corrected chi connectivity index (χ2v) is 4.95. The Morgan fingerprint density at radius 3 is 2.10 bits per heavy atom. The standard InChI is InChI=1S/C18H18O2/c1-13-8-10-16(11-9-13)17(12-14(2)18(19)20)15-6-4-3-5-7-15/h3-12,17H,1-2H3,(H,19,20)/b14-12+. The second-order valence-electron chi connectivity index (χ2n) is 4.95. The molecule has 0 bridgehead atoms. The molecule has 0 saturated carbocycles. The van der Waals surface area contributed by atoms with Gasteiger partial charge in [0.1, 0.15) is 0 Å². The van der Waals surface area contributed by atoms with Crippen LogP contribution in [0.2, 0.25) is 0 Å². The van der Waals surface area contributed by atoms with Crippen molar-refractivity contribution in [2.75, 3.05) is 0 Å². The van der Waals surface area contributed by atoms with Gasteiger partial charge in [0.2, 0.25) is 0 Å². The van der Waals surface area contributed by atoms with Crippen molar-refractivity contribution in [2.45, 2.75) is 19.8 Å². The van der Waals surface area contributed by atoms with Gasteiger partial charge in [-0.1, -0.05) is 66.2 Å². The van der Waals surface area contributed by atoms with E-state index >= 15 is 0 Å². The Bertz CT molecular complexity index is 610. The summed E-state index contributed by atoms with van der Waals surface area (Å²) in [6.07, 6.45) is 1.81. The number of carboxylic acids is 1. The Morgan fingerprint density at radius 2 is 1.55 bits per heavy atom. The fraction of sp³-hybridized carbons (Fsp3) is 0.167. The van der Waals surface area contributed by atoms with Crippen LogP contribution in [0.15, 0.2) is 66.2 Å². The molecule has 2 aromatic rings. The third-order valence-electron chi connectivity index (χ3n) is 3.35. The minimum absolute atomic E-state index is 0.0344. The van der Waals surface area contributed by atoms with Gasteiger partial charge in [0, 0.05) is 11.5 Å². The lowest BCUT2D eigenvalue weighted by Gasteiger charge is -2.15. The van der Waals surface area contributed by atoms with Crippen molar-refractivity contribution in [3.63, 3.8) is 0 Å². The Morgan fingerprint density at radius 1 is 1.00 bits per heavy atom. The SMILES string of the molecule is C/C(=C\C(c1ccccc1)c1ccc(C)cc1)C(=O)O. The normalized spacial score (nSPS) is 13.0. The molecule has 0 aliphatic heterocycles. The predicted octanol–water partition coefficient (Wildman–Crippen LogP) is 4.16. The van der Waals surface area contributed by atoms with Gasteiger partial charge in [0.05, 0.1) is 0 Å². The zero-order valence-corrected chi connectivity index (χ0v) is 11.7. The largest absolute Gasteiger partial charge is 0.478 e. The molecule has 102 valence electrons. The van der Waals surface area contributed by atoms with Crippen LogP contribution in [-0.2, 0) is 4.79 Å². The summed E-state index contributed by atoms with van der Waals surface area (Å²) in [6.45, 7) is 3.67. The van der Waals surface area contributed by atoms with Gasteiger partial charge < -0.3 is 5.11 Å². The lowest BCUT2D eigenvalue weighted by Crippen LogP contribution is -2.03. The van der Waals surface area contributed by atoms with Crippen molar-refractivity contribution < 1.29 is 9.90 Å². The van der Waals surface area contributed by atoms with Crippen LogP contribution in [0, 0.1) is 6.92 Å². The van der Waals surface area contributed by atoms with Crippen LogP contribution in [0.4, 0.5) is 0 Å². The lowest BCUT2D eigenvalue weighted by atomic mass is 9.89. The number of aliphatic carboxylic acids is 1. The number of hydrogen-bond acceptors (Lipinski definition) is 1. The van der Waals surface area contributed by atoms with Crippen LogP contribution in [0.1, 0.15) is 29.5 Å². The summed E-state index contributed by atoms with van der Waals surface area (Å²) in [5, 5.41) is 9.10. The van der Waals surface area contributed by atoms with E-state index in [0.29, 0.717) is 5.57 Å². The summed E-state index contributed by atoms with van der Waals surface area (Å²) < 4.78 is 0. The molecule has 0 heterocycles. The molecule has 0 aliphatic carbocycles. The molecule has 20 heavy (non-hydrogen) atoms. The van der Waals surface area contributed by atoms with Crippen LogP contribution < -0.4 is 0 Å². The fourth-order valence-electron chi connectivity index (χ4n) is 2.14. The van der Waals surface area contributed by atoms with E-state index in [9.17, 15) is 4.79 Å². The molecule has 2 nitrogen and oxygen atoms in total. The fourth-order valence-corrected chi connectivity index (χ4v) is 2.14. The van der Waals surface area contributed by atoms with Gasteiger partial charge in [-0.3, -0.25) is 0 Å². The zero-order chi connectivity index (χ0) is 14.5. The van der Waals surface area contributed by atoms with E-state index in [-0.39, 0.29) is 5.92 Å². The van der Waals surface area contributed by atoms with Gasteiger partial charge in [0.15, 0.2) is 0 Å². The first-order valence-corrected chi connectivity index (χ1v) is 6.61. The topological polar surface area (TPSA) is 37.3 Å². The van der Waals surface area contributed by atoms with Gasteiger partial charge >= 0.3 is 5.97 Å². The summed E-state index contributed by atoms with van der Waals surface area (Å²) in [6, 6.07) is 18.2. The molecular formula is C18H18O2. The highest BCUT2D eigenvalue weighted by molar-refractivity contribution is 5.86. The highest BCUT2D eigenvalue weighted by Crippen LogP contribution is 2.27. The quantitative estimate of drug-likeness (QED) is 0.844. The summed E-state index contributed by atoms with van der Waals surface area (Å²) in [4.78, 5) is 11.1. The smallest absolute Gasteiger partial charge is 0.330 e. The third kappa shape index (κ3) is 3.35. The van der Waals surface area contributed by atoms with Gasteiger partial charge in [-0.25, -0.2) is 4.79 Å². The molecule has 1 N–H and O–H groups in total. The van der Waals surface area contributed by atoms with Crippen molar-refractivity contribution in [3.05, 3.63) is 82.9 Å². The Hall–Kier alpha value is -2.35. The van der Waals surface area contributed by atoms with Crippen LogP contribution in [0.3, 0.4) is 0 Å². The van der Waals surface area contributed by atoms with E-state index < -0.39 is 5.97 Å². The first kappa shape index (κ1) is 14.1. The summed E-state index contributed by atoms with van der Waals surface area (Å²) >= 11 is 0. The van der Waals surface area contributed by atoms with Crippen molar-refractivity contribution in [1.82, 2.24) is 0 Å². The minimum Gasteiger partial charge on any atom is -0.478 e. The van der Waals surface area contributed by atoms with Gasteiger partial charge in [-0.05, 0) is 25.0 Å². The van der Waals surface area contributed by atoms with Crippen LogP contribution in [0.25, 0.3) is 0 Å². The average molecular weight is 266 g/mol. The van der Waals surface area contributed by atoms with E-state index in [2.05, 4.69) is 24.3 Å². The highest BCUT2D eigenvalue weighted by atomic mass is 16.4. The maximum absolute atomic E-state index is 11.1. The highest BCUT2D eigenvalue weighted by Gasteiger charge is 2.13. The minimum atomic E-state index is -0.877. The van der Waals surface area contributed by atoms with E-state index in [1.807, 2.05) is 43.3 Å². The van der Waals surface area contributed by atoms with Gasteiger partial charge in [-0.15, -0.1) is 0 Å². The molecule has 2 aromatic carbocycles. The molecule has 2 rings (SSSR count). The summed E-state index contributed by atoms with van der Waals surface area (Å²) in [5.41, 5.74) is 3.75. The molecule has 0 fully saturated rings. The number of carbonyl (C=O) groups is 1. The number of carboxylic acid groups (broad SMARTS) is 1. The van der Waals surface area contributed by atoms with Crippen LogP contribution in [-0.4, -0.2) is 11.1 Å². The second kappa shape index (κ2) is 6.20. The molecule has 0 spiro atoms. The number of hydrogen-bond donors (Lipinski definition) is 1. The Kier molecular flexibility index (Phi) is 4.36. The van der Waals surface area contributed by atoms with E-state index in [4.69, 9.17) is 5.11 Å². The first-order chi connectivity index (χ1) is 9.58. The van der Waals surface area contributed by atoms with E-state index in [0.717, 1.165) is 11.1 Å². The molecular weight excluding hydrogens is 248 g/mol. The first-order valence-electron chi connectivity index (χ1n) is 6.61. The maximum Gasteiger partial charge on any atom is 0.330 e. The molecule has 1 atom stereocenters. The monoisotopic (exact) mass is 266 g/mol. The number of rotatable bonds is 4. The molecule has 0 aromatic heterocycles. The van der Waals surface area contributed by atoms with Crippen molar-refractivity contribution in [1.29, 1.82) is 0 Å². The Balaban J connectivity index is 2.47. The average Bonchev–Trinajstić information content (AvgIpc) is 2.46. The van der Waals surface area contributed by atoms with Gasteiger partial charge in [0.25, 0.3) is 0 Å². The molecule has 0 saturated heterocycles. The van der Waals surface area contributed by atoms with Crippen molar-refractivity contribution >= 4 is 5.97 Å². The number of allylic oxidation sites excluding steroid dienone is 1. The zero-order valence-electron chi connectivity index (χ0n) is 11.7. The predicted molar refractivity (Wildman–Crippen MR) is 80.9 cm³/mol. The number of aryl methyl sites for hydroxylation is 1. The summed E-state index contributed by atoms with van der Waals surface area (Å²) in [5.74, 6) is -0.911. The molecule has 0 amide bonds. The molecule has 0 radical (unpaired) electrons. The van der Waals surface area contributed by atoms with Crippen LogP contribution >= 0.6 is 0 Å². The van der Waals surface area contributed by atoms with Crippen molar-refractivity contribution in [3.8, 4) is 0 Å². The third-order valence-corrected chi connectivity index (χ3v) is 3.35. The summed E-state index contributed by atoms with van der Waals surface area (Å²) in [7, 11) is 0. The van der Waals surface area contributed by atoms with Crippen molar-refractivity contribution in [2.24, 2.45) is 0 Å². The lowest BCUT2D eigenvalue weighted by molar-refractivity contribution is -0.132. The molecule has 0 aliphatic rings. The molecule has 2 heteroatoms. The molecule has 1 unspecified atom stereocenters. The maximum atomic E-state index is 11.1. The van der Waals surface area contributed by atoms with E-state index in [1.54, 1.807) is 6.92 Å². The van der Waals surface area contributed by atoms with E-state index in [1.165, 1.54) is 5.56 Å². The van der Waals surface area contributed by atoms with Gasteiger partial charge in [-0.2, -0.15) is 0 Å². The number of benzene rings is 2. The van der Waals surface area contributed by atoms with Crippen LogP contribution in [0.5, 0.6) is 0 Å². The Labute approximate surface area is 119 Å².